The first-order valence-corrected chi connectivity index (χ1v) is 22.8. The molecule has 0 saturated carbocycles. The maximum Gasteiger partial charge on any atom is 0.472 e. The zero-order valence-electron chi connectivity index (χ0n) is 34.8. The highest BCUT2D eigenvalue weighted by molar-refractivity contribution is 7.47. The summed E-state index contributed by atoms with van der Waals surface area (Å²) in [7, 11) is -3.22. The van der Waals surface area contributed by atoms with Crippen molar-refractivity contribution in [1.82, 2.24) is 0 Å². The lowest BCUT2D eigenvalue weighted by molar-refractivity contribution is -0.161. The summed E-state index contributed by atoms with van der Waals surface area (Å²) in [5.41, 5.74) is 0. The molecule has 0 aliphatic rings. The van der Waals surface area contributed by atoms with E-state index in [0.29, 0.717) is 12.8 Å². The summed E-state index contributed by atoms with van der Waals surface area (Å²) in [6, 6.07) is 0. The number of unbranched alkanes of at least 4 members (excludes halogenated alkanes) is 13. The largest absolute Gasteiger partial charge is 0.472 e. The fourth-order valence-corrected chi connectivity index (χ4v) is 5.89. The van der Waals surface area contributed by atoms with Crippen LogP contribution in [-0.4, -0.2) is 43.3 Å². The number of rotatable bonds is 38. The Morgan fingerprint density at radius 2 is 0.873 bits per heavy atom. The molecule has 0 bridgehead atoms. The zero-order chi connectivity index (χ0) is 40.3. The van der Waals surface area contributed by atoms with Crippen LogP contribution in [0, 0.1) is 0 Å². The van der Waals surface area contributed by atoms with E-state index >= 15 is 0 Å². The topological polar surface area (TPSA) is 108 Å². The predicted molar refractivity (Wildman–Crippen MR) is 230 cm³/mol. The summed E-state index contributed by atoms with van der Waals surface area (Å²) in [6.07, 6.45) is 53.5. The minimum Gasteiger partial charge on any atom is -0.462 e. The molecule has 2 atom stereocenters. The van der Waals surface area contributed by atoms with Crippen molar-refractivity contribution in [3.05, 3.63) is 85.1 Å². The third kappa shape index (κ3) is 40.7. The summed E-state index contributed by atoms with van der Waals surface area (Å²) >= 11 is 0. The van der Waals surface area contributed by atoms with Gasteiger partial charge in [-0.1, -0.05) is 157 Å². The first kappa shape index (κ1) is 52.2. The van der Waals surface area contributed by atoms with E-state index in [1.165, 1.54) is 25.7 Å². The van der Waals surface area contributed by atoms with Crippen LogP contribution in [0.15, 0.2) is 85.1 Å². The average Bonchev–Trinajstić information content (AvgIpc) is 3.18. The molecule has 0 aromatic heterocycles. The van der Waals surface area contributed by atoms with E-state index in [1.807, 2.05) is 0 Å². The number of carbonyl (C=O) groups is 2. The number of ether oxygens (including phenoxy) is 2. The number of esters is 2. The Hall–Kier alpha value is -2.77. The van der Waals surface area contributed by atoms with Crippen LogP contribution in [0.2, 0.25) is 0 Å². The van der Waals surface area contributed by atoms with Crippen LogP contribution in [0.3, 0.4) is 0 Å². The highest BCUT2D eigenvalue weighted by Crippen LogP contribution is 2.42. The molecule has 0 fully saturated rings. The fraction of sp³-hybridized carbons (Fsp3) is 0.652. The van der Waals surface area contributed by atoms with Crippen molar-refractivity contribution < 1.29 is 37.6 Å². The second-order valence-electron chi connectivity index (χ2n) is 13.7. The normalized spacial score (nSPS) is 14.2. The van der Waals surface area contributed by atoms with Gasteiger partial charge in [0.15, 0.2) is 6.10 Å². The molecule has 9 heteroatoms. The molecule has 2 unspecified atom stereocenters. The molecule has 0 radical (unpaired) electrons. The molecule has 0 saturated heterocycles. The lowest BCUT2D eigenvalue weighted by atomic mass is 10.1. The molecule has 0 aromatic carbocycles. The van der Waals surface area contributed by atoms with E-state index in [2.05, 4.69) is 103 Å². The van der Waals surface area contributed by atoms with E-state index in [0.717, 1.165) is 110 Å². The number of hydrogen-bond donors (Lipinski definition) is 1. The van der Waals surface area contributed by atoms with Gasteiger partial charge in [-0.15, -0.1) is 0 Å². The SMILES string of the molecule is CC/C=C\C/C=C\C/C=C\C/C=C\CCCCCCCCCCC(=O)OC(COC(=O)CCCCCCC/C=C\C/C=C\C/C=C\CC)COP(=O)(O)OC. The van der Waals surface area contributed by atoms with Gasteiger partial charge in [-0.2, -0.15) is 0 Å². The molecule has 55 heavy (non-hydrogen) atoms. The molecule has 0 aromatic rings. The summed E-state index contributed by atoms with van der Waals surface area (Å²) in [4.78, 5) is 34.5. The van der Waals surface area contributed by atoms with Gasteiger partial charge >= 0.3 is 19.8 Å². The van der Waals surface area contributed by atoms with Crippen LogP contribution in [-0.2, 0) is 32.7 Å². The van der Waals surface area contributed by atoms with Gasteiger partial charge in [0.05, 0.1) is 6.61 Å². The number of allylic oxidation sites excluding steroid dienone is 14. The molecular formula is C46H77O8P. The quantitative estimate of drug-likeness (QED) is 0.0285. The van der Waals surface area contributed by atoms with Gasteiger partial charge < -0.3 is 14.4 Å². The minimum absolute atomic E-state index is 0.226. The molecule has 0 amide bonds. The van der Waals surface area contributed by atoms with E-state index < -0.39 is 32.5 Å². The van der Waals surface area contributed by atoms with Gasteiger partial charge in [0.2, 0.25) is 0 Å². The van der Waals surface area contributed by atoms with Crippen LogP contribution in [0.4, 0.5) is 0 Å². The highest BCUT2D eigenvalue weighted by atomic mass is 31.2. The van der Waals surface area contributed by atoms with E-state index in [1.54, 1.807) is 0 Å². The third-order valence-electron chi connectivity index (χ3n) is 8.63. The van der Waals surface area contributed by atoms with Crippen LogP contribution < -0.4 is 0 Å². The van der Waals surface area contributed by atoms with Crippen LogP contribution in [0.5, 0.6) is 0 Å². The Balaban J connectivity index is 4.05. The smallest absolute Gasteiger partial charge is 0.462 e. The summed E-state index contributed by atoms with van der Waals surface area (Å²) in [5.74, 6) is -0.840. The Morgan fingerprint density at radius 1 is 0.509 bits per heavy atom. The van der Waals surface area contributed by atoms with E-state index in [9.17, 15) is 19.0 Å². The van der Waals surface area contributed by atoms with Crippen LogP contribution in [0.25, 0.3) is 0 Å². The van der Waals surface area contributed by atoms with Gasteiger partial charge in [0, 0.05) is 20.0 Å². The molecule has 0 aliphatic heterocycles. The Kier molecular flexibility index (Phi) is 38.8. The maximum absolute atomic E-state index is 12.5. The molecule has 314 valence electrons. The number of hydrogen-bond acceptors (Lipinski definition) is 7. The minimum atomic E-state index is -4.27. The van der Waals surface area contributed by atoms with Crippen molar-refractivity contribution >= 4 is 19.8 Å². The van der Waals surface area contributed by atoms with E-state index in [-0.39, 0.29) is 19.4 Å². The van der Waals surface area contributed by atoms with Crippen molar-refractivity contribution in [2.24, 2.45) is 0 Å². The number of phosphoric acid groups is 1. The summed E-state index contributed by atoms with van der Waals surface area (Å²) < 4.78 is 32.0. The second kappa shape index (κ2) is 40.9. The average molecular weight is 789 g/mol. The Morgan fingerprint density at radius 3 is 1.29 bits per heavy atom. The van der Waals surface area contributed by atoms with Crippen molar-refractivity contribution in [2.75, 3.05) is 20.3 Å². The van der Waals surface area contributed by atoms with Gasteiger partial charge in [-0.3, -0.25) is 18.6 Å². The lowest BCUT2D eigenvalue weighted by Crippen LogP contribution is -2.29. The standard InChI is InChI=1S/C46H77O8P/c1-4-6-8-10-12-14-16-18-20-21-22-23-24-25-27-29-31-33-35-37-39-41-46(48)54-44(43-53-55(49,50)51-3)42-52-45(47)40-38-36-34-32-30-28-26-19-17-15-13-11-9-7-5-2/h6-9,12-15,18-20,22-23,26,44H,4-5,10-11,16-17,21,24-25,27-43H2,1-3H3,(H,49,50)/b8-6-,9-7-,14-12-,15-13-,20-18-,23-22-,26-19-. The van der Waals surface area contributed by atoms with Crippen molar-refractivity contribution in [3.8, 4) is 0 Å². The highest BCUT2D eigenvalue weighted by Gasteiger charge is 2.24. The molecule has 8 nitrogen and oxygen atoms in total. The fourth-order valence-electron chi connectivity index (χ4n) is 5.43. The first-order chi connectivity index (χ1) is 26.8. The predicted octanol–water partition coefficient (Wildman–Crippen LogP) is 13.5. The van der Waals surface area contributed by atoms with Gasteiger partial charge in [0.1, 0.15) is 6.61 Å². The second-order valence-corrected chi connectivity index (χ2v) is 15.3. The Bertz CT molecular complexity index is 1170. The summed E-state index contributed by atoms with van der Waals surface area (Å²) in [5, 5.41) is 0. The van der Waals surface area contributed by atoms with Crippen LogP contribution >= 0.6 is 7.82 Å². The first-order valence-electron chi connectivity index (χ1n) is 21.3. The number of phosphoric ester groups is 1. The van der Waals surface area contributed by atoms with Crippen molar-refractivity contribution in [2.45, 2.75) is 174 Å². The van der Waals surface area contributed by atoms with Crippen molar-refractivity contribution in [3.63, 3.8) is 0 Å². The van der Waals surface area contributed by atoms with Gasteiger partial charge in [-0.25, -0.2) is 4.57 Å². The van der Waals surface area contributed by atoms with Gasteiger partial charge in [-0.05, 0) is 83.5 Å². The van der Waals surface area contributed by atoms with E-state index in [4.69, 9.17) is 14.0 Å². The molecular weight excluding hydrogens is 711 g/mol. The summed E-state index contributed by atoms with van der Waals surface area (Å²) in [6.45, 7) is 3.63. The molecule has 0 rings (SSSR count). The Labute approximate surface area is 335 Å². The third-order valence-corrected chi connectivity index (χ3v) is 9.57. The zero-order valence-corrected chi connectivity index (χ0v) is 35.7. The molecule has 0 heterocycles. The molecule has 1 N–H and O–H groups in total. The van der Waals surface area contributed by atoms with Crippen LogP contribution in [0.1, 0.15) is 168 Å². The van der Waals surface area contributed by atoms with Crippen molar-refractivity contribution in [1.29, 1.82) is 0 Å². The lowest BCUT2D eigenvalue weighted by Gasteiger charge is -2.19. The molecule has 0 aliphatic carbocycles. The van der Waals surface area contributed by atoms with Gasteiger partial charge in [0.25, 0.3) is 0 Å². The maximum atomic E-state index is 12.5. The monoisotopic (exact) mass is 789 g/mol. The number of carbonyl (C=O) groups excluding carboxylic acids is 2. The molecule has 0 spiro atoms.